The van der Waals surface area contributed by atoms with Gasteiger partial charge in [0.1, 0.15) is 43.3 Å². The van der Waals surface area contributed by atoms with E-state index in [0.29, 0.717) is 73.4 Å². The van der Waals surface area contributed by atoms with E-state index in [1.54, 1.807) is 52.3 Å². The number of nitrogens with one attached hydrogen (secondary N) is 2. The Bertz CT molecular complexity index is 2820. The number of carbonyl (C=O) groups is 5. The first-order chi connectivity index (χ1) is 38.7. The molecule has 0 unspecified atom stereocenters. The number of benzene rings is 4. The molecule has 2 aliphatic heterocycles. The van der Waals surface area contributed by atoms with E-state index in [1.165, 1.54) is 33.5 Å². The maximum Gasteiger partial charge on any atom is 0.407 e. The van der Waals surface area contributed by atoms with E-state index in [1.807, 2.05) is 69.3 Å². The number of hydrogen-bond donors (Lipinski definition) is 4. The average molecular weight is 1140 g/mol. The number of nitrogens with two attached hydrogens (primary N) is 1. The van der Waals surface area contributed by atoms with Gasteiger partial charge in [-0.25, -0.2) is 18.0 Å². The number of aliphatic hydroxyl groups excluding tert-OH is 1. The van der Waals surface area contributed by atoms with Gasteiger partial charge in [0.15, 0.2) is 11.5 Å². The third-order valence-electron chi connectivity index (χ3n) is 14.5. The number of aryl methyl sites for hydroxylation is 1. The van der Waals surface area contributed by atoms with Crippen LogP contribution in [0.5, 0.6) is 17.2 Å². The Hall–Kier alpha value is -6.78. The number of alkyl carbamates (subject to hydrolysis) is 1. The number of methoxy groups -OCH3 is 2. The van der Waals surface area contributed by atoms with Crippen molar-refractivity contribution in [3.63, 3.8) is 0 Å². The Labute approximate surface area is 476 Å². The van der Waals surface area contributed by atoms with Crippen molar-refractivity contribution in [2.75, 3.05) is 72.6 Å². The van der Waals surface area contributed by atoms with Crippen LogP contribution in [0.15, 0.2) is 102 Å². The molecule has 2 heterocycles. The summed E-state index contributed by atoms with van der Waals surface area (Å²) in [4.78, 5) is 68.9. The fourth-order valence-electron chi connectivity index (χ4n) is 9.53. The van der Waals surface area contributed by atoms with Crippen molar-refractivity contribution in [1.82, 2.24) is 19.8 Å². The zero-order valence-electron chi connectivity index (χ0n) is 47.6. The lowest BCUT2D eigenvalue weighted by Crippen LogP contribution is -2.53. The van der Waals surface area contributed by atoms with Crippen molar-refractivity contribution in [3.8, 4) is 17.2 Å². The second-order valence-corrected chi connectivity index (χ2v) is 23.4. The molecule has 0 aromatic heterocycles. The van der Waals surface area contributed by atoms with Crippen LogP contribution in [0.2, 0.25) is 0 Å². The topological polar surface area (TPSA) is 261 Å². The zero-order chi connectivity index (χ0) is 58.7. The highest BCUT2D eigenvalue weighted by molar-refractivity contribution is 7.89. The predicted octanol–water partition coefficient (Wildman–Crippen LogP) is 6.60. The van der Waals surface area contributed by atoms with Crippen LogP contribution in [0.1, 0.15) is 95.9 Å². The third kappa shape index (κ3) is 18.4. The van der Waals surface area contributed by atoms with E-state index in [2.05, 4.69) is 10.6 Å². The molecular formula is C60H81N5O15S. The molecule has 0 spiro atoms. The van der Waals surface area contributed by atoms with Crippen molar-refractivity contribution in [3.05, 3.63) is 114 Å². The minimum absolute atomic E-state index is 0.0242. The summed E-state index contributed by atoms with van der Waals surface area (Å²) < 4.78 is 69.5. The lowest BCUT2D eigenvalue weighted by atomic mass is 9.84. The SMILES string of the molecule is CCC(C)(C)C(=O)C(=O)N1CCCC[C@H]1C(=O)O[C@H](CCc1ccc(OC)c(OC)c1)c1cccc(OCCNC(=O)COC[C@H]2OCC[C@@H]2OC(=O)N[C@@H](Cc2ccccc2)[C@H](O)CN(CC(C)C)S(=O)(=O)c2ccc(N)cc2)c1. The number of hydrogen-bond acceptors (Lipinski definition) is 16. The van der Waals surface area contributed by atoms with Crippen molar-refractivity contribution < 1.29 is 70.7 Å². The van der Waals surface area contributed by atoms with Crippen LogP contribution in [0.3, 0.4) is 0 Å². The normalized spacial score (nSPS) is 17.7. The minimum atomic E-state index is -4.06. The highest BCUT2D eigenvalue weighted by atomic mass is 32.2. The Balaban J connectivity index is 1.01. The molecule has 0 bridgehead atoms. The number of ether oxygens (including phenoxy) is 7. The maximum atomic E-state index is 14.1. The number of anilines is 1. The summed E-state index contributed by atoms with van der Waals surface area (Å²) in [5, 5.41) is 17.2. The second-order valence-electron chi connectivity index (χ2n) is 21.5. The molecule has 20 nitrogen and oxygen atoms in total. The molecule has 0 saturated carbocycles. The third-order valence-corrected chi connectivity index (χ3v) is 16.4. The van der Waals surface area contributed by atoms with Crippen LogP contribution < -0.4 is 30.6 Å². The molecule has 81 heavy (non-hydrogen) atoms. The first-order valence-corrected chi connectivity index (χ1v) is 29.2. The monoisotopic (exact) mass is 1140 g/mol. The number of Topliss-reactive ketones (excluding diaryl/α,β-unsaturated/α-hetero) is 1. The van der Waals surface area contributed by atoms with Gasteiger partial charge in [-0.2, -0.15) is 4.31 Å². The van der Waals surface area contributed by atoms with Gasteiger partial charge in [0, 0.05) is 37.2 Å². The van der Waals surface area contributed by atoms with Gasteiger partial charge >= 0.3 is 12.1 Å². The molecule has 4 aromatic carbocycles. The largest absolute Gasteiger partial charge is 0.493 e. The van der Waals surface area contributed by atoms with Gasteiger partial charge in [0.25, 0.3) is 5.91 Å². The first-order valence-electron chi connectivity index (χ1n) is 27.7. The van der Waals surface area contributed by atoms with Gasteiger partial charge < -0.3 is 59.5 Å². The minimum Gasteiger partial charge on any atom is -0.493 e. The fraction of sp³-hybridized carbons (Fsp3) is 0.517. The number of aliphatic hydroxyl groups is 1. The van der Waals surface area contributed by atoms with Crippen molar-refractivity contribution in [1.29, 1.82) is 0 Å². The highest BCUT2D eigenvalue weighted by Crippen LogP contribution is 2.33. The van der Waals surface area contributed by atoms with Crippen molar-refractivity contribution in [2.24, 2.45) is 11.3 Å². The van der Waals surface area contributed by atoms with Gasteiger partial charge in [-0.3, -0.25) is 14.4 Å². The fourth-order valence-corrected chi connectivity index (χ4v) is 11.1. The number of sulfonamides is 1. The number of amides is 3. The van der Waals surface area contributed by atoms with Crippen LogP contribution in [0.4, 0.5) is 10.5 Å². The van der Waals surface area contributed by atoms with E-state index in [9.17, 15) is 37.5 Å². The lowest BCUT2D eigenvalue weighted by molar-refractivity contribution is -0.164. The molecule has 6 rings (SSSR count). The van der Waals surface area contributed by atoms with E-state index in [0.717, 1.165) is 11.1 Å². The molecule has 0 radical (unpaired) electrons. The van der Waals surface area contributed by atoms with Gasteiger partial charge in [0.2, 0.25) is 21.7 Å². The summed E-state index contributed by atoms with van der Waals surface area (Å²) in [7, 11) is -0.945. The zero-order valence-corrected chi connectivity index (χ0v) is 48.5. The molecule has 0 aliphatic carbocycles. The molecule has 6 atom stereocenters. The van der Waals surface area contributed by atoms with E-state index in [4.69, 9.17) is 38.9 Å². The number of rotatable bonds is 30. The lowest BCUT2D eigenvalue weighted by Gasteiger charge is -2.36. The molecule has 21 heteroatoms. The summed E-state index contributed by atoms with van der Waals surface area (Å²) in [6, 6.07) is 25.8. The van der Waals surface area contributed by atoms with Gasteiger partial charge in [-0.1, -0.05) is 83.1 Å². The predicted molar refractivity (Wildman–Crippen MR) is 303 cm³/mol. The number of carbonyl (C=O) groups excluding carboxylic acids is 5. The smallest absolute Gasteiger partial charge is 0.407 e. The number of esters is 1. The summed E-state index contributed by atoms with van der Waals surface area (Å²) in [5.74, 6) is -0.746. The Kier molecular flexibility index (Phi) is 23.7. The summed E-state index contributed by atoms with van der Waals surface area (Å²) in [6.07, 6.45) is -0.858. The van der Waals surface area contributed by atoms with Crippen LogP contribution in [-0.2, 0) is 61.0 Å². The standard InChI is InChI=1S/C60H81N5O15S/c1-8-60(4,5)56(68)57(69)65-30-13-12-19-48(65)58(70)79-50(26-20-42-21-27-51(74-6)53(34-42)75-7)43-17-14-18-45(35-43)77-32-29-62-55(67)39-76-38-54-52(28-31-78-54)80-59(71)63-47(33-41-15-10-9-11-16-41)49(66)37-64(36-40(2)3)81(72,73)46-24-22-44(61)23-25-46/h9-11,14-18,21-25,27,34-35,40,47-50,52,54,66H,8,12-13,19-20,26,28-33,36-39,61H2,1-7H3,(H,62,67)(H,63,71)/t47-,48-,49+,50+,52-,54+/m0/s1. The second kappa shape index (κ2) is 30.3. The number of ketones is 1. The Morgan fingerprint density at radius 1 is 0.889 bits per heavy atom. The summed E-state index contributed by atoms with van der Waals surface area (Å²) in [6.45, 7) is 9.18. The van der Waals surface area contributed by atoms with Crippen LogP contribution in [0, 0.1) is 11.3 Å². The summed E-state index contributed by atoms with van der Waals surface area (Å²) in [5.41, 5.74) is 7.69. The Morgan fingerprint density at radius 3 is 2.33 bits per heavy atom. The molecule has 442 valence electrons. The summed E-state index contributed by atoms with van der Waals surface area (Å²) >= 11 is 0. The molecule has 3 amide bonds. The number of nitrogen functional groups attached to an aromatic ring is 1. The molecule has 2 saturated heterocycles. The molecule has 2 aliphatic rings. The van der Waals surface area contributed by atoms with Gasteiger partial charge in [-0.15, -0.1) is 0 Å². The molecular weight excluding hydrogens is 1060 g/mol. The number of piperidine rings is 1. The van der Waals surface area contributed by atoms with Crippen molar-refractivity contribution >= 4 is 45.4 Å². The van der Waals surface area contributed by atoms with Crippen LogP contribution in [0.25, 0.3) is 0 Å². The first kappa shape index (κ1) is 63.4. The quantitative estimate of drug-likeness (QED) is 0.0185. The number of likely N-dealkylation sites (tertiary alicyclic amines) is 1. The number of nitrogens with zero attached hydrogens (tertiary/aromatic N) is 2. The Morgan fingerprint density at radius 2 is 1.63 bits per heavy atom. The van der Waals surface area contributed by atoms with Gasteiger partial charge in [0.05, 0.1) is 51.0 Å². The highest BCUT2D eigenvalue weighted by Gasteiger charge is 2.42. The van der Waals surface area contributed by atoms with E-state index >= 15 is 0 Å². The van der Waals surface area contributed by atoms with E-state index in [-0.39, 0.29) is 69.8 Å². The average Bonchev–Trinajstić information content (AvgIpc) is 3.93. The van der Waals surface area contributed by atoms with Gasteiger partial charge in [-0.05, 0) is 116 Å². The van der Waals surface area contributed by atoms with Crippen LogP contribution >= 0.6 is 0 Å². The molecule has 2 fully saturated rings. The molecule has 4 aromatic rings. The molecule has 5 N–H and O–H groups in total. The van der Waals surface area contributed by atoms with Crippen molar-refractivity contribution in [2.45, 2.75) is 127 Å². The van der Waals surface area contributed by atoms with E-state index < -0.39 is 81.6 Å². The van der Waals surface area contributed by atoms with Crippen LogP contribution in [-0.4, -0.2) is 150 Å². The maximum absolute atomic E-state index is 14.1.